The van der Waals surface area contributed by atoms with Crippen molar-refractivity contribution in [2.45, 2.75) is 38.7 Å². The number of benzene rings is 1. The number of amides is 1. The van der Waals surface area contributed by atoms with Crippen molar-refractivity contribution in [1.82, 2.24) is 0 Å². The van der Waals surface area contributed by atoms with Crippen molar-refractivity contribution in [2.24, 2.45) is 5.73 Å². The van der Waals surface area contributed by atoms with Gasteiger partial charge in [-0.2, -0.15) is 0 Å². The summed E-state index contributed by atoms with van der Waals surface area (Å²) < 4.78 is 10.5. The summed E-state index contributed by atoms with van der Waals surface area (Å²) in [4.78, 5) is 23.4. The first kappa shape index (κ1) is 16.0. The average molecular weight is 279 g/mol. The minimum atomic E-state index is -0.721. The molecule has 0 heterocycles. The van der Waals surface area contributed by atoms with Crippen LogP contribution >= 0.6 is 0 Å². The molecule has 20 heavy (non-hydrogen) atoms. The van der Waals surface area contributed by atoms with Crippen LogP contribution in [0, 0.1) is 0 Å². The lowest BCUT2D eigenvalue weighted by Crippen LogP contribution is -2.30. The van der Waals surface area contributed by atoms with Gasteiger partial charge in [0.25, 0.3) is 0 Å². The van der Waals surface area contributed by atoms with Gasteiger partial charge in [0.1, 0.15) is 11.4 Å². The fourth-order valence-corrected chi connectivity index (χ4v) is 1.77. The van der Waals surface area contributed by atoms with Crippen LogP contribution in [0.3, 0.4) is 0 Å². The molecule has 0 aliphatic carbocycles. The number of primary amides is 1. The van der Waals surface area contributed by atoms with Gasteiger partial charge >= 0.3 is 5.97 Å². The number of carbonyl (C=O) groups is 2. The van der Waals surface area contributed by atoms with Crippen molar-refractivity contribution < 1.29 is 19.1 Å². The molecule has 0 aromatic heterocycles. The summed E-state index contributed by atoms with van der Waals surface area (Å²) in [6, 6.07) is 6.98. The van der Waals surface area contributed by atoms with Gasteiger partial charge in [-0.1, -0.05) is 12.1 Å². The topological polar surface area (TPSA) is 78.6 Å². The molecule has 0 fully saturated rings. The van der Waals surface area contributed by atoms with Crippen LogP contribution in [-0.4, -0.2) is 24.6 Å². The van der Waals surface area contributed by atoms with E-state index in [1.54, 1.807) is 45.0 Å². The zero-order chi connectivity index (χ0) is 15.3. The number of esters is 1. The monoisotopic (exact) mass is 279 g/mol. The first-order valence-corrected chi connectivity index (χ1v) is 6.38. The molecule has 0 aliphatic heterocycles. The van der Waals surface area contributed by atoms with E-state index >= 15 is 0 Å². The van der Waals surface area contributed by atoms with Crippen LogP contribution < -0.4 is 10.5 Å². The van der Waals surface area contributed by atoms with Crippen molar-refractivity contribution in [3.05, 3.63) is 29.8 Å². The molecule has 1 aromatic rings. The molecule has 2 N–H and O–H groups in total. The summed E-state index contributed by atoms with van der Waals surface area (Å²) in [5, 5.41) is 0. The second-order valence-electron chi connectivity index (χ2n) is 5.53. The molecule has 0 aliphatic rings. The van der Waals surface area contributed by atoms with E-state index in [2.05, 4.69) is 0 Å². The van der Waals surface area contributed by atoms with Crippen LogP contribution in [0.15, 0.2) is 24.3 Å². The predicted octanol–water partition coefficient (Wildman–Crippen LogP) is 2.00. The van der Waals surface area contributed by atoms with Gasteiger partial charge in [0.05, 0.1) is 13.0 Å². The molecule has 0 saturated heterocycles. The first-order valence-electron chi connectivity index (χ1n) is 6.38. The van der Waals surface area contributed by atoms with Crippen LogP contribution in [0.1, 0.15) is 38.7 Å². The van der Waals surface area contributed by atoms with Crippen LogP contribution in [0.5, 0.6) is 5.75 Å². The standard InChI is InChI=1S/C15H21NO4/c1-15(2,3)20-14(18)12(9-13(16)17)10-6-5-7-11(8-10)19-4/h5-8,12H,9H2,1-4H3,(H2,16,17). The number of carbonyl (C=O) groups excluding carboxylic acids is 2. The second-order valence-corrected chi connectivity index (χ2v) is 5.53. The average Bonchev–Trinajstić information content (AvgIpc) is 2.33. The third-order valence-electron chi connectivity index (χ3n) is 2.59. The summed E-state index contributed by atoms with van der Waals surface area (Å²) in [6.45, 7) is 5.33. The van der Waals surface area contributed by atoms with E-state index in [0.717, 1.165) is 0 Å². The highest BCUT2D eigenvalue weighted by molar-refractivity contribution is 5.86. The van der Waals surface area contributed by atoms with Crippen molar-refractivity contribution in [3.63, 3.8) is 0 Å². The second kappa shape index (κ2) is 6.41. The molecular formula is C15H21NO4. The van der Waals surface area contributed by atoms with E-state index in [1.165, 1.54) is 7.11 Å². The maximum absolute atomic E-state index is 12.2. The fraction of sp³-hybridized carbons (Fsp3) is 0.467. The molecule has 0 bridgehead atoms. The number of hydrogen-bond donors (Lipinski definition) is 1. The number of ether oxygens (including phenoxy) is 2. The third kappa shape index (κ3) is 4.91. The zero-order valence-corrected chi connectivity index (χ0v) is 12.3. The predicted molar refractivity (Wildman–Crippen MR) is 75.4 cm³/mol. The highest BCUT2D eigenvalue weighted by atomic mass is 16.6. The Labute approximate surface area is 119 Å². The number of methoxy groups -OCH3 is 1. The Morgan fingerprint density at radius 3 is 2.45 bits per heavy atom. The molecule has 1 amide bonds. The van der Waals surface area contributed by atoms with Crippen LogP contribution in [0.25, 0.3) is 0 Å². The van der Waals surface area contributed by atoms with Gasteiger partial charge in [0, 0.05) is 6.42 Å². The van der Waals surface area contributed by atoms with E-state index < -0.39 is 23.4 Å². The highest BCUT2D eigenvalue weighted by Crippen LogP contribution is 2.26. The van der Waals surface area contributed by atoms with Crippen LogP contribution in [0.4, 0.5) is 0 Å². The Bertz CT molecular complexity index is 491. The largest absolute Gasteiger partial charge is 0.497 e. The van der Waals surface area contributed by atoms with E-state index in [0.29, 0.717) is 11.3 Å². The molecule has 0 radical (unpaired) electrons. The van der Waals surface area contributed by atoms with E-state index in [-0.39, 0.29) is 6.42 Å². The summed E-state index contributed by atoms with van der Waals surface area (Å²) in [6.07, 6.45) is -0.0952. The van der Waals surface area contributed by atoms with Crippen LogP contribution in [0.2, 0.25) is 0 Å². The molecule has 5 nitrogen and oxygen atoms in total. The molecule has 1 rings (SSSR count). The van der Waals surface area contributed by atoms with Crippen molar-refractivity contribution in [2.75, 3.05) is 7.11 Å². The van der Waals surface area contributed by atoms with Gasteiger partial charge in [0.15, 0.2) is 0 Å². The number of rotatable bonds is 5. The molecule has 0 saturated carbocycles. The smallest absolute Gasteiger partial charge is 0.314 e. The van der Waals surface area contributed by atoms with Gasteiger partial charge in [0.2, 0.25) is 5.91 Å². The van der Waals surface area contributed by atoms with Gasteiger partial charge in [-0.15, -0.1) is 0 Å². The maximum Gasteiger partial charge on any atom is 0.314 e. The van der Waals surface area contributed by atoms with E-state index in [9.17, 15) is 9.59 Å². The summed E-state index contributed by atoms with van der Waals surface area (Å²) in [7, 11) is 1.54. The SMILES string of the molecule is COc1cccc(C(CC(N)=O)C(=O)OC(C)(C)C)c1. The minimum Gasteiger partial charge on any atom is -0.497 e. The zero-order valence-electron chi connectivity index (χ0n) is 12.3. The Morgan fingerprint density at radius 1 is 1.30 bits per heavy atom. The third-order valence-corrected chi connectivity index (χ3v) is 2.59. The van der Waals surface area contributed by atoms with Gasteiger partial charge in [-0.05, 0) is 38.5 Å². The Kier molecular flexibility index (Phi) is 5.13. The molecule has 110 valence electrons. The minimum absolute atomic E-state index is 0.0952. The fourth-order valence-electron chi connectivity index (χ4n) is 1.77. The summed E-state index contributed by atoms with van der Waals surface area (Å²) >= 11 is 0. The molecule has 5 heteroatoms. The van der Waals surface area contributed by atoms with Gasteiger partial charge in [-0.25, -0.2) is 0 Å². The lowest BCUT2D eigenvalue weighted by atomic mass is 9.95. The quantitative estimate of drug-likeness (QED) is 0.836. The Hall–Kier alpha value is -2.04. The molecule has 1 unspecified atom stereocenters. The highest BCUT2D eigenvalue weighted by Gasteiger charge is 2.28. The van der Waals surface area contributed by atoms with Crippen molar-refractivity contribution in [1.29, 1.82) is 0 Å². The first-order chi connectivity index (χ1) is 9.23. The van der Waals surface area contributed by atoms with Crippen LogP contribution in [-0.2, 0) is 14.3 Å². The van der Waals surface area contributed by atoms with E-state index in [4.69, 9.17) is 15.2 Å². The van der Waals surface area contributed by atoms with Gasteiger partial charge < -0.3 is 15.2 Å². The van der Waals surface area contributed by atoms with Crippen molar-refractivity contribution in [3.8, 4) is 5.75 Å². The summed E-state index contributed by atoms with van der Waals surface area (Å²) in [5.41, 5.74) is 5.26. The van der Waals surface area contributed by atoms with Gasteiger partial charge in [-0.3, -0.25) is 9.59 Å². The Balaban J connectivity index is 3.04. The molecule has 0 spiro atoms. The lowest BCUT2D eigenvalue weighted by molar-refractivity contribution is -0.157. The lowest BCUT2D eigenvalue weighted by Gasteiger charge is -2.23. The molecule has 1 atom stereocenters. The van der Waals surface area contributed by atoms with Crippen molar-refractivity contribution >= 4 is 11.9 Å². The summed E-state index contributed by atoms with van der Waals surface area (Å²) in [5.74, 6) is -1.13. The Morgan fingerprint density at radius 2 is 1.95 bits per heavy atom. The molecular weight excluding hydrogens is 258 g/mol. The number of nitrogens with two attached hydrogens (primary N) is 1. The molecule has 1 aromatic carbocycles. The normalized spacial score (nSPS) is 12.6. The maximum atomic E-state index is 12.2. The number of hydrogen-bond acceptors (Lipinski definition) is 4. The van der Waals surface area contributed by atoms with E-state index in [1.807, 2.05) is 0 Å².